The molecule has 1 N–H and O–H groups in total. The fraction of sp³-hybridized carbons (Fsp3) is 0.385. The van der Waals surface area contributed by atoms with Crippen LogP contribution in [0.15, 0.2) is 18.2 Å². The lowest BCUT2D eigenvalue weighted by Gasteiger charge is -2.12. The van der Waals surface area contributed by atoms with Crippen molar-refractivity contribution in [1.29, 1.82) is 0 Å². The predicted molar refractivity (Wildman–Crippen MR) is 70.1 cm³/mol. The third-order valence-electron chi connectivity index (χ3n) is 2.84. The van der Waals surface area contributed by atoms with Crippen LogP contribution in [0.2, 0.25) is 0 Å². The van der Waals surface area contributed by atoms with Gasteiger partial charge < -0.3 is 5.32 Å². The van der Waals surface area contributed by atoms with E-state index in [9.17, 15) is 19.7 Å². The molecule has 19 heavy (non-hydrogen) atoms. The first-order valence-corrected chi connectivity index (χ1v) is 5.96. The van der Waals surface area contributed by atoms with Gasteiger partial charge in [-0.05, 0) is 19.9 Å². The number of ketones is 1. The minimum atomic E-state index is -0.655. The zero-order valence-electron chi connectivity index (χ0n) is 11.1. The summed E-state index contributed by atoms with van der Waals surface area (Å²) in [5.74, 6) is -0.728. The van der Waals surface area contributed by atoms with Crippen LogP contribution in [0.25, 0.3) is 0 Å². The molecule has 0 spiro atoms. The summed E-state index contributed by atoms with van der Waals surface area (Å²) in [6.45, 7) is 4.82. The molecule has 0 radical (unpaired) electrons. The second kappa shape index (κ2) is 6.08. The highest BCUT2D eigenvalue weighted by molar-refractivity contribution is 6.01. The van der Waals surface area contributed by atoms with Crippen molar-refractivity contribution in [1.82, 2.24) is 5.32 Å². The van der Waals surface area contributed by atoms with Crippen LogP contribution in [0.3, 0.4) is 0 Å². The molecule has 0 bridgehead atoms. The molecule has 1 unspecified atom stereocenters. The van der Waals surface area contributed by atoms with Crippen LogP contribution in [-0.2, 0) is 4.79 Å². The Morgan fingerprint density at radius 1 is 1.42 bits per heavy atom. The quantitative estimate of drug-likeness (QED) is 0.650. The molecule has 6 heteroatoms. The number of nitro benzene ring substituents is 1. The Kier molecular flexibility index (Phi) is 4.74. The lowest BCUT2D eigenvalue weighted by Crippen LogP contribution is -2.38. The minimum Gasteiger partial charge on any atom is -0.342 e. The number of aryl methyl sites for hydroxylation is 1. The van der Waals surface area contributed by atoms with Crippen LogP contribution < -0.4 is 5.32 Å². The molecule has 1 amide bonds. The molecule has 1 rings (SSSR count). The molecule has 1 aromatic carbocycles. The Morgan fingerprint density at radius 2 is 2.05 bits per heavy atom. The van der Waals surface area contributed by atoms with E-state index in [4.69, 9.17) is 0 Å². The fourth-order valence-electron chi connectivity index (χ4n) is 1.75. The number of nitro groups is 1. The predicted octanol–water partition coefficient (Wildman–Crippen LogP) is 2.00. The van der Waals surface area contributed by atoms with E-state index in [0.717, 1.165) is 0 Å². The minimum absolute atomic E-state index is 0.0271. The highest BCUT2D eigenvalue weighted by atomic mass is 16.6. The zero-order valence-corrected chi connectivity index (χ0v) is 11.1. The number of benzene rings is 1. The zero-order chi connectivity index (χ0) is 14.6. The summed E-state index contributed by atoms with van der Waals surface area (Å²) < 4.78 is 0. The molecule has 0 aliphatic carbocycles. The standard InChI is InChI=1S/C13H16N2O4/c1-4-11(16)9(3)14-13(17)10-7-5-6-8(2)12(10)15(18)19/h5-7,9H,4H2,1-3H3,(H,14,17). The molecule has 1 atom stereocenters. The van der Waals surface area contributed by atoms with Crippen molar-refractivity contribution in [3.63, 3.8) is 0 Å². The Labute approximate surface area is 111 Å². The van der Waals surface area contributed by atoms with Crippen molar-refractivity contribution < 1.29 is 14.5 Å². The van der Waals surface area contributed by atoms with Crippen molar-refractivity contribution in [3.05, 3.63) is 39.4 Å². The topological polar surface area (TPSA) is 89.3 Å². The molecule has 0 heterocycles. The summed E-state index contributed by atoms with van der Waals surface area (Å²) in [6.07, 6.45) is 0.303. The maximum Gasteiger partial charge on any atom is 0.285 e. The molecule has 0 aromatic heterocycles. The van der Waals surface area contributed by atoms with Crippen LogP contribution in [0, 0.1) is 17.0 Å². The number of nitrogens with zero attached hydrogens (tertiary/aromatic N) is 1. The second-order valence-electron chi connectivity index (χ2n) is 4.24. The lowest BCUT2D eigenvalue weighted by atomic mass is 10.1. The molecule has 1 aromatic rings. The van der Waals surface area contributed by atoms with Crippen LogP contribution in [0.5, 0.6) is 0 Å². The molecular weight excluding hydrogens is 248 g/mol. The average molecular weight is 264 g/mol. The van der Waals surface area contributed by atoms with E-state index in [1.54, 1.807) is 32.9 Å². The maximum atomic E-state index is 12.0. The number of rotatable bonds is 5. The van der Waals surface area contributed by atoms with Gasteiger partial charge in [-0.2, -0.15) is 0 Å². The SMILES string of the molecule is CCC(=O)C(C)NC(=O)c1cccc(C)c1[N+](=O)[O-]. The van der Waals surface area contributed by atoms with E-state index < -0.39 is 16.9 Å². The van der Waals surface area contributed by atoms with Crippen molar-refractivity contribution in [2.45, 2.75) is 33.2 Å². The van der Waals surface area contributed by atoms with Crippen LogP contribution in [0.1, 0.15) is 36.2 Å². The number of para-hydroxylation sites is 1. The monoisotopic (exact) mass is 264 g/mol. The van der Waals surface area contributed by atoms with Crippen molar-refractivity contribution in [2.75, 3.05) is 0 Å². The number of hydrogen-bond donors (Lipinski definition) is 1. The smallest absolute Gasteiger partial charge is 0.285 e. The van der Waals surface area contributed by atoms with Gasteiger partial charge in [0.05, 0.1) is 11.0 Å². The maximum absolute atomic E-state index is 12.0. The third kappa shape index (κ3) is 3.37. The highest BCUT2D eigenvalue weighted by Gasteiger charge is 2.24. The number of Topliss-reactive ketones (excluding diaryl/α,β-unsaturated/α-hetero) is 1. The van der Waals surface area contributed by atoms with Crippen molar-refractivity contribution in [2.24, 2.45) is 0 Å². The number of carbonyl (C=O) groups excluding carboxylic acids is 2. The first-order valence-electron chi connectivity index (χ1n) is 5.96. The van der Waals surface area contributed by atoms with Crippen molar-refractivity contribution >= 4 is 17.4 Å². The molecule has 0 aliphatic rings. The largest absolute Gasteiger partial charge is 0.342 e. The Balaban J connectivity index is 3.04. The molecule has 0 aliphatic heterocycles. The molecule has 0 fully saturated rings. The van der Waals surface area contributed by atoms with Crippen LogP contribution in [0.4, 0.5) is 5.69 Å². The first kappa shape index (κ1) is 14.8. The van der Waals surface area contributed by atoms with E-state index in [-0.39, 0.29) is 17.0 Å². The summed E-state index contributed by atoms with van der Waals surface area (Å²) in [4.78, 5) is 33.8. The third-order valence-corrected chi connectivity index (χ3v) is 2.84. The van der Waals surface area contributed by atoms with E-state index in [2.05, 4.69) is 5.32 Å². The van der Waals surface area contributed by atoms with Gasteiger partial charge in [0.2, 0.25) is 0 Å². The Morgan fingerprint density at radius 3 is 2.58 bits per heavy atom. The van der Waals surface area contributed by atoms with E-state index in [1.807, 2.05) is 0 Å². The number of hydrogen-bond acceptors (Lipinski definition) is 4. The average Bonchev–Trinajstić information content (AvgIpc) is 2.36. The molecule has 102 valence electrons. The van der Waals surface area contributed by atoms with Gasteiger partial charge in [0.25, 0.3) is 11.6 Å². The molecule has 0 saturated carbocycles. The lowest BCUT2D eigenvalue weighted by molar-refractivity contribution is -0.385. The van der Waals surface area contributed by atoms with Gasteiger partial charge >= 0.3 is 0 Å². The van der Waals surface area contributed by atoms with E-state index in [1.165, 1.54) is 6.07 Å². The van der Waals surface area contributed by atoms with Gasteiger partial charge in [0.15, 0.2) is 5.78 Å². The Hall–Kier alpha value is -2.24. The van der Waals surface area contributed by atoms with Gasteiger partial charge in [0, 0.05) is 12.0 Å². The Bertz CT molecular complexity index is 525. The summed E-state index contributed by atoms with van der Waals surface area (Å²) in [6, 6.07) is 3.86. The highest BCUT2D eigenvalue weighted by Crippen LogP contribution is 2.22. The molecular formula is C13H16N2O4. The second-order valence-corrected chi connectivity index (χ2v) is 4.24. The van der Waals surface area contributed by atoms with Gasteiger partial charge in [-0.15, -0.1) is 0 Å². The summed E-state index contributed by atoms with van der Waals surface area (Å²) in [7, 11) is 0. The first-order chi connectivity index (χ1) is 8.88. The van der Waals surface area contributed by atoms with Gasteiger partial charge in [-0.25, -0.2) is 0 Å². The van der Waals surface area contributed by atoms with Crippen LogP contribution in [-0.4, -0.2) is 22.7 Å². The van der Waals surface area contributed by atoms with E-state index >= 15 is 0 Å². The molecule has 6 nitrogen and oxygen atoms in total. The number of carbonyl (C=O) groups is 2. The number of amides is 1. The van der Waals surface area contributed by atoms with E-state index in [0.29, 0.717) is 12.0 Å². The molecule has 0 saturated heterocycles. The summed E-state index contributed by atoms with van der Waals surface area (Å²) in [5.41, 5.74) is 0.157. The van der Waals surface area contributed by atoms with Gasteiger partial charge in [0.1, 0.15) is 5.56 Å². The van der Waals surface area contributed by atoms with Crippen LogP contribution >= 0.6 is 0 Å². The van der Waals surface area contributed by atoms with Gasteiger partial charge in [-0.3, -0.25) is 19.7 Å². The normalized spacial score (nSPS) is 11.7. The summed E-state index contributed by atoms with van der Waals surface area (Å²) in [5, 5.41) is 13.5. The summed E-state index contributed by atoms with van der Waals surface area (Å²) >= 11 is 0. The van der Waals surface area contributed by atoms with Crippen molar-refractivity contribution in [3.8, 4) is 0 Å². The van der Waals surface area contributed by atoms with Gasteiger partial charge in [-0.1, -0.05) is 19.1 Å². The number of nitrogens with one attached hydrogen (secondary N) is 1. The fourth-order valence-corrected chi connectivity index (χ4v) is 1.75.